The number of nitro benzene ring substituents is 1. The first-order valence-corrected chi connectivity index (χ1v) is 10.0. The lowest BCUT2D eigenvalue weighted by Crippen LogP contribution is -2.43. The fourth-order valence-electron chi connectivity index (χ4n) is 4.48. The number of fused-ring (bicyclic) bond motifs is 2. The summed E-state index contributed by atoms with van der Waals surface area (Å²) < 4.78 is 0. The Kier molecular flexibility index (Phi) is 4.43. The van der Waals surface area contributed by atoms with Crippen LogP contribution in [0.25, 0.3) is 22.0 Å². The molecule has 1 aliphatic heterocycles. The zero-order valence-electron chi connectivity index (χ0n) is 16.6. The summed E-state index contributed by atoms with van der Waals surface area (Å²) in [6, 6.07) is 20.1. The van der Waals surface area contributed by atoms with Gasteiger partial charge in [-0.15, -0.1) is 0 Å². The molecule has 1 unspecified atom stereocenters. The molecule has 0 fully saturated rings. The van der Waals surface area contributed by atoms with E-state index in [1.54, 1.807) is 17.0 Å². The van der Waals surface area contributed by atoms with Gasteiger partial charge in [0.05, 0.1) is 11.0 Å². The second-order valence-electron chi connectivity index (χ2n) is 7.69. The van der Waals surface area contributed by atoms with Crippen LogP contribution < -0.4 is 5.73 Å². The van der Waals surface area contributed by atoms with Gasteiger partial charge in [0.15, 0.2) is 0 Å². The molecule has 0 aliphatic carbocycles. The van der Waals surface area contributed by atoms with E-state index in [1.165, 1.54) is 6.07 Å². The molecule has 0 bridgehead atoms. The van der Waals surface area contributed by atoms with Crippen molar-refractivity contribution >= 4 is 22.6 Å². The van der Waals surface area contributed by atoms with Crippen LogP contribution in [0.3, 0.4) is 0 Å². The first-order chi connectivity index (χ1) is 15.0. The van der Waals surface area contributed by atoms with Gasteiger partial charge in [0, 0.05) is 41.3 Å². The molecule has 7 nitrogen and oxygen atoms in total. The number of hydrogen-bond acceptors (Lipinski definition) is 3. The molecule has 7 heteroatoms. The molecule has 5 rings (SSSR count). The SMILES string of the molecule is NC(=O)N1CCc2cc(-c3ccccc3)ccc2C1c1c[nH]c2ccc([N+](=O)[O-])cc12. The fourth-order valence-corrected chi connectivity index (χ4v) is 4.48. The van der Waals surface area contributed by atoms with Crippen molar-refractivity contribution in [3.63, 3.8) is 0 Å². The van der Waals surface area contributed by atoms with Crippen molar-refractivity contribution in [1.29, 1.82) is 0 Å². The summed E-state index contributed by atoms with van der Waals surface area (Å²) in [5.74, 6) is 0. The standard InChI is InChI=1S/C24H20N4O3/c25-24(29)27-11-10-17-12-16(15-4-2-1-3-5-15)6-8-19(17)23(27)21-14-26-22-9-7-18(28(30)31)13-20(21)22/h1-9,12-14,23,26H,10-11H2,(H2,25,29). The second-order valence-corrected chi connectivity index (χ2v) is 7.69. The number of aromatic amines is 1. The number of primary amides is 1. The summed E-state index contributed by atoms with van der Waals surface area (Å²) in [5, 5.41) is 12.0. The van der Waals surface area contributed by atoms with E-state index in [9.17, 15) is 14.9 Å². The number of hydrogen-bond donors (Lipinski definition) is 2. The normalized spacial score (nSPS) is 15.6. The van der Waals surface area contributed by atoms with Crippen LogP contribution in [0.4, 0.5) is 10.5 Å². The van der Waals surface area contributed by atoms with Crippen LogP contribution in [0.15, 0.2) is 72.9 Å². The summed E-state index contributed by atoms with van der Waals surface area (Å²) in [4.78, 5) is 28.0. The Bertz CT molecular complexity index is 1310. The molecular formula is C24H20N4O3. The number of carbonyl (C=O) groups excluding carboxylic acids is 1. The number of benzene rings is 3. The van der Waals surface area contributed by atoms with Gasteiger partial charge in [-0.25, -0.2) is 4.79 Å². The van der Waals surface area contributed by atoms with Crippen molar-refractivity contribution in [2.75, 3.05) is 6.54 Å². The third kappa shape index (κ3) is 3.20. The predicted molar refractivity (Wildman–Crippen MR) is 119 cm³/mol. The molecule has 3 aromatic carbocycles. The van der Waals surface area contributed by atoms with Crippen molar-refractivity contribution < 1.29 is 9.72 Å². The smallest absolute Gasteiger partial charge is 0.315 e. The highest BCUT2D eigenvalue weighted by Crippen LogP contribution is 2.40. The summed E-state index contributed by atoms with van der Waals surface area (Å²) in [5.41, 5.74) is 11.7. The molecule has 2 amide bonds. The maximum atomic E-state index is 12.3. The maximum Gasteiger partial charge on any atom is 0.315 e. The van der Waals surface area contributed by atoms with Gasteiger partial charge in [0.2, 0.25) is 0 Å². The Labute approximate surface area is 178 Å². The highest BCUT2D eigenvalue weighted by molar-refractivity contribution is 5.87. The van der Waals surface area contributed by atoms with Gasteiger partial charge in [-0.3, -0.25) is 10.1 Å². The molecule has 0 saturated carbocycles. The van der Waals surface area contributed by atoms with Crippen LogP contribution in [0.2, 0.25) is 0 Å². The number of nitro groups is 1. The summed E-state index contributed by atoms with van der Waals surface area (Å²) in [7, 11) is 0. The molecule has 1 atom stereocenters. The Hall–Kier alpha value is -4.13. The van der Waals surface area contributed by atoms with E-state index in [4.69, 9.17) is 5.73 Å². The zero-order chi connectivity index (χ0) is 21.5. The van der Waals surface area contributed by atoms with E-state index in [2.05, 4.69) is 23.2 Å². The molecule has 2 heterocycles. The minimum absolute atomic E-state index is 0.00873. The van der Waals surface area contributed by atoms with Gasteiger partial charge in [-0.1, -0.05) is 48.5 Å². The van der Waals surface area contributed by atoms with Crippen LogP contribution in [0.1, 0.15) is 22.7 Å². The Morgan fingerprint density at radius 1 is 1.03 bits per heavy atom. The minimum atomic E-state index is -0.512. The molecule has 0 saturated heterocycles. The van der Waals surface area contributed by atoms with Crippen LogP contribution in [-0.4, -0.2) is 27.4 Å². The molecule has 154 valence electrons. The number of urea groups is 1. The number of nitrogens with two attached hydrogens (primary N) is 1. The topological polar surface area (TPSA) is 105 Å². The van der Waals surface area contributed by atoms with Crippen molar-refractivity contribution in [2.24, 2.45) is 5.73 Å². The Morgan fingerprint density at radius 3 is 2.58 bits per heavy atom. The fraction of sp³-hybridized carbons (Fsp3) is 0.125. The highest BCUT2D eigenvalue weighted by atomic mass is 16.6. The van der Waals surface area contributed by atoms with Crippen LogP contribution >= 0.6 is 0 Å². The molecule has 4 aromatic rings. The van der Waals surface area contributed by atoms with Crippen LogP contribution in [-0.2, 0) is 6.42 Å². The first-order valence-electron chi connectivity index (χ1n) is 10.0. The van der Waals surface area contributed by atoms with E-state index in [0.29, 0.717) is 18.4 Å². The Morgan fingerprint density at radius 2 is 1.84 bits per heavy atom. The second kappa shape index (κ2) is 7.28. The third-order valence-corrected chi connectivity index (χ3v) is 5.96. The minimum Gasteiger partial charge on any atom is -0.361 e. The molecule has 0 radical (unpaired) electrons. The number of aromatic nitrogens is 1. The predicted octanol–water partition coefficient (Wildman–Crippen LogP) is 4.77. The third-order valence-electron chi connectivity index (χ3n) is 5.96. The maximum absolute atomic E-state index is 12.3. The lowest BCUT2D eigenvalue weighted by atomic mass is 9.86. The molecule has 31 heavy (non-hydrogen) atoms. The number of carbonyl (C=O) groups is 1. The van der Waals surface area contributed by atoms with E-state index < -0.39 is 17.0 Å². The zero-order valence-corrected chi connectivity index (χ0v) is 16.6. The average Bonchev–Trinajstić information content (AvgIpc) is 3.21. The van der Waals surface area contributed by atoms with E-state index in [1.807, 2.05) is 36.5 Å². The number of amides is 2. The number of non-ortho nitro benzene ring substituents is 1. The largest absolute Gasteiger partial charge is 0.361 e. The number of nitrogens with zero attached hydrogens (tertiary/aromatic N) is 2. The molecule has 1 aliphatic rings. The summed E-state index contributed by atoms with van der Waals surface area (Å²) in [6.07, 6.45) is 2.51. The van der Waals surface area contributed by atoms with Gasteiger partial charge in [0.1, 0.15) is 0 Å². The molecule has 1 aromatic heterocycles. The molecule has 3 N–H and O–H groups in total. The van der Waals surface area contributed by atoms with E-state index in [0.717, 1.165) is 33.3 Å². The van der Waals surface area contributed by atoms with Crippen molar-refractivity contribution in [2.45, 2.75) is 12.5 Å². The van der Waals surface area contributed by atoms with Crippen molar-refractivity contribution in [3.8, 4) is 11.1 Å². The monoisotopic (exact) mass is 412 g/mol. The molecular weight excluding hydrogens is 392 g/mol. The van der Waals surface area contributed by atoms with Gasteiger partial charge < -0.3 is 15.6 Å². The number of H-pyrrole nitrogens is 1. The van der Waals surface area contributed by atoms with Crippen LogP contribution in [0, 0.1) is 10.1 Å². The summed E-state index contributed by atoms with van der Waals surface area (Å²) in [6.45, 7) is 0.479. The van der Waals surface area contributed by atoms with Crippen molar-refractivity contribution in [3.05, 3.63) is 99.7 Å². The van der Waals surface area contributed by atoms with E-state index >= 15 is 0 Å². The van der Waals surface area contributed by atoms with Gasteiger partial charge in [-0.05, 0) is 34.7 Å². The van der Waals surface area contributed by atoms with Gasteiger partial charge in [0.25, 0.3) is 5.69 Å². The highest BCUT2D eigenvalue weighted by Gasteiger charge is 2.33. The quantitative estimate of drug-likeness (QED) is 0.374. The lowest BCUT2D eigenvalue weighted by molar-refractivity contribution is -0.384. The number of rotatable bonds is 3. The average molecular weight is 412 g/mol. The van der Waals surface area contributed by atoms with Gasteiger partial charge in [-0.2, -0.15) is 0 Å². The van der Waals surface area contributed by atoms with E-state index in [-0.39, 0.29) is 5.69 Å². The summed E-state index contributed by atoms with van der Waals surface area (Å²) >= 11 is 0. The van der Waals surface area contributed by atoms with Crippen LogP contribution in [0.5, 0.6) is 0 Å². The Balaban J connectivity index is 1.67. The first kappa shape index (κ1) is 18.9. The number of nitrogens with one attached hydrogen (secondary N) is 1. The molecule has 0 spiro atoms. The lowest BCUT2D eigenvalue weighted by Gasteiger charge is -2.36. The van der Waals surface area contributed by atoms with Gasteiger partial charge >= 0.3 is 6.03 Å². The van der Waals surface area contributed by atoms with Crippen molar-refractivity contribution in [1.82, 2.24) is 9.88 Å².